The van der Waals surface area contributed by atoms with Crippen molar-refractivity contribution in [2.24, 2.45) is 4.99 Å². The quantitative estimate of drug-likeness (QED) is 0.497. The molecule has 0 fully saturated rings. The first-order valence-electron chi connectivity index (χ1n) is 8.40. The summed E-state index contributed by atoms with van der Waals surface area (Å²) in [4.78, 5) is 30.2. The molecule has 0 radical (unpaired) electrons. The summed E-state index contributed by atoms with van der Waals surface area (Å²) >= 11 is 1.52. The number of nitrogens with zero attached hydrogens (tertiary/aromatic N) is 5. The fourth-order valence-electron chi connectivity index (χ4n) is 2.77. The number of rotatable bonds is 6. The molecule has 0 aliphatic carbocycles. The zero-order valence-electron chi connectivity index (χ0n) is 14.1. The van der Waals surface area contributed by atoms with Crippen LogP contribution in [0.2, 0.25) is 0 Å². The van der Waals surface area contributed by atoms with E-state index in [9.17, 15) is 4.79 Å². The molecule has 1 aliphatic heterocycles. The van der Waals surface area contributed by atoms with Crippen molar-refractivity contribution in [2.75, 3.05) is 5.75 Å². The summed E-state index contributed by atoms with van der Waals surface area (Å²) < 4.78 is 1.71. The molecule has 0 amide bonds. The Labute approximate surface area is 154 Å². The van der Waals surface area contributed by atoms with Gasteiger partial charge in [-0.3, -0.25) is 14.4 Å². The van der Waals surface area contributed by atoms with Crippen LogP contribution in [0.4, 0.5) is 0 Å². The first-order valence-corrected chi connectivity index (χ1v) is 9.38. The van der Waals surface area contributed by atoms with Crippen LogP contribution in [0.3, 0.4) is 0 Å². The van der Waals surface area contributed by atoms with Crippen molar-refractivity contribution >= 4 is 28.6 Å². The van der Waals surface area contributed by atoms with Crippen LogP contribution in [0.5, 0.6) is 0 Å². The van der Waals surface area contributed by atoms with Gasteiger partial charge in [-0.15, -0.1) is 0 Å². The topological polar surface area (TPSA) is 73.0 Å². The van der Waals surface area contributed by atoms with Gasteiger partial charge in [0.1, 0.15) is 0 Å². The van der Waals surface area contributed by atoms with Gasteiger partial charge in [0, 0.05) is 43.0 Å². The van der Waals surface area contributed by atoms with Gasteiger partial charge in [0.25, 0.3) is 5.56 Å². The van der Waals surface area contributed by atoms with E-state index >= 15 is 0 Å². The molecular formula is C19H17N5OS. The second-order valence-corrected chi connectivity index (χ2v) is 6.83. The van der Waals surface area contributed by atoms with Gasteiger partial charge in [0.15, 0.2) is 16.3 Å². The molecule has 3 aromatic rings. The van der Waals surface area contributed by atoms with Crippen molar-refractivity contribution in [1.82, 2.24) is 19.5 Å². The minimum Gasteiger partial charge on any atom is -0.285 e. The zero-order chi connectivity index (χ0) is 17.8. The summed E-state index contributed by atoms with van der Waals surface area (Å²) in [5.74, 6) is 0.705. The third kappa shape index (κ3) is 3.57. The molecule has 3 heterocycles. The van der Waals surface area contributed by atoms with E-state index in [1.807, 2.05) is 30.5 Å². The Morgan fingerprint density at radius 1 is 1.12 bits per heavy atom. The molecule has 2 aromatic heterocycles. The van der Waals surface area contributed by atoms with Crippen molar-refractivity contribution in [2.45, 2.75) is 24.5 Å². The van der Waals surface area contributed by atoms with Gasteiger partial charge in [-0.1, -0.05) is 48.2 Å². The van der Waals surface area contributed by atoms with Crippen LogP contribution in [0.1, 0.15) is 12.0 Å². The van der Waals surface area contributed by atoms with E-state index in [0.717, 1.165) is 18.6 Å². The average molecular weight is 363 g/mol. The van der Waals surface area contributed by atoms with E-state index in [-0.39, 0.29) is 5.56 Å². The van der Waals surface area contributed by atoms with Gasteiger partial charge < -0.3 is 0 Å². The van der Waals surface area contributed by atoms with Crippen LogP contribution in [0, 0.1) is 0 Å². The first-order chi connectivity index (χ1) is 12.8. The molecule has 130 valence electrons. The minimum atomic E-state index is -0.145. The number of fused-ring (bicyclic) bond motifs is 1. The Morgan fingerprint density at radius 3 is 2.77 bits per heavy atom. The van der Waals surface area contributed by atoms with Gasteiger partial charge in [-0.25, -0.2) is 15.0 Å². The van der Waals surface area contributed by atoms with Crippen LogP contribution in [0.15, 0.2) is 69.9 Å². The Bertz CT molecular complexity index is 1040. The lowest BCUT2D eigenvalue weighted by molar-refractivity contribution is 0.593. The molecule has 1 aromatic carbocycles. The van der Waals surface area contributed by atoms with Crippen LogP contribution in [0.25, 0.3) is 11.2 Å². The van der Waals surface area contributed by atoms with Crippen LogP contribution < -0.4 is 5.56 Å². The van der Waals surface area contributed by atoms with E-state index in [0.29, 0.717) is 28.6 Å². The van der Waals surface area contributed by atoms with E-state index in [4.69, 9.17) is 0 Å². The maximum Gasteiger partial charge on any atom is 0.282 e. The van der Waals surface area contributed by atoms with E-state index in [1.165, 1.54) is 23.5 Å². The number of allylic oxidation sites excluding steroid dienone is 1. The highest BCUT2D eigenvalue weighted by atomic mass is 32.2. The molecule has 0 saturated heterocycles. The highest BCUT2D eigenvalue weighted by Crippen LogP contribution is 2.19. The summed E-state index contributed by atoms with van der Waals surface area (Å²) in [6, 6.07) is 10.1. The lowest BCUT2D eigenvalue weighted by atomic mass is 10.1. The SMILES string of the molecule is O=c1c2nccnc2nc(SCC2=NC=CC2)n1CCc1ccccc1. The van der Waals surface area contributed by atoms with E-state index in [1.54, 1.807) is 10.8 Å². The largest absolute Gasteiger partial charge is 0.285 e. The normalized spacial score (nSPS) is 13.3. The Balaban J connectivity index is 1.66. The maximum absolute atomic E-state index is 12.9. The van der Waals surface area contributed by atoms with Gasteiger partial charge >= 0.3 is 0 Å². The van der Waals surface area contributed by atoms with Gasteiger partial charge in [-0.2, -0.15) is 0 Å². The molecule has 0 atom stereocenters. The van der Waals surface area contributed by atoms with Crippen molar-refractivity contribution in [3.05, 3.63) is 70.9 Å². The number of hydrogen-bond acceptors (Lipinski definition) is 6. The molecule has 0 unspecified atom stereocenters. The summed E-state index contributed by atoms with van der Waals surface area (Å²) in [6.07, 6.45) is 8.54. The molecule has 0 N–H and O–H groups in total. The van der Waals surface area contributed by atoms with Crippen molar-refractivity contribution in [3.8, 4) is 0 Å². The molecule has 0 bridgehead atoms. The second kappa shape index (κ2) is 7.61. The van der Waals surface area contributed by atoms with Gasteiger partial charge in [-0.05, 0) is 12.0 Å². The lowest BCUT2D eigenvalue weighted by Gasteiger charge is -2.12. The van der Waals surface area contributed by atoms with Crippen molar-refractivity contribution < 1.29 is 0 Å². The first kappa shape index (κ1) is 16.7. The number of aliphatic imine (C=N–C) groups is 1. The van der Waals surface area contributed by atoms with Gasteiger partial charge in [0.2, 0.25) is 0 Å². The predicted molar refractivity (Wildman–Crippen MR) is 104 cm³/mol. The Hall–Kier alpha value is -2.80. The molecule has 7 heteroatoms. The molecule has 0 saturated carbocycles. The predicted octanol–water partition coefficient (Wildman–Crippen LogP) is 2.88. The second-order valence-electron chi connectivity index (χ2n) is 5.89. The zero-order valence-corrected chi connectivity index (χ0v) is 14.9. The highest BCUT2D eigenvalue weighted by Gasteiger charge is 2.14. The minimum absolute atomic E-state index is 0.145. The number of hydrogen-bond donors (Lipinski definition) is 0. The summed E-state index contributed by atoms with van der Waals surface area (Å²) in [6.45, 7) is 0.551. The Morgan fingerprint density at radius 2 is 1.96 bits per heavy atom. The molecule has 1 aliphatic rings. The maximum atomic E-state index is 12.9. The molecule has 26 heavy (non-hydrogen) atoms. The fraction of sp³-hybridized carbons (Fsp3) is 0.211. The van der Waals surface area contributed by atoms with Gasteiger partial charge in [0.05, 0.1) is 0 Å². The molecule has 6 nitrogen and oxygen atoms in total. The van der Waals surface area contributed by atoms with Crippen LogP contribution in [-0.4, -0.2) is 31.0 Å². The van der Waals surface area contributed by atoms with E-state index in [2.05, 4.69) is 32.1 Å². The Kier molecular flexibility index (Phi) is 4.88. The molecule has 4 rings (SSSR count). The standard InChI is InChI=1S/C19H17N5OS/c25-18-16-17(22-11-10-21-16)23-19(26-13-15-7-4-9-20-15)24(18)12-8-14-5-2-1-3-6-14/h1-6,9-11H,7-8,12-13H2. The molecular weight excluding hydrogens is 346 g/mol. The third-order valence-corrected chi connectivity index (χ3v) is 5.16. The number of aryl methyl sites for hydroxylation is 1. The highest BCUT2D eigenvalue weighted by molar-refractivity contribution is 7.99. The number of benzene rings is 1. The summed E-state index contributed by atoms with van der Waals surface area (Å²) in [5, 5.41) is 0.661. The average Bonchev–Trinajstić information content (AvgIpc) is 3.20. The third-order valence-electron chi connectivity index (χ3n) is 4.11. The summed E-state index contributed by atoms with van der Waals surface area (Å²) in [5.41, 5.74) is 2.82. The van der Waals surface area contributed by atoms with Crippen LogP contribution >= 0.6 is 11.8 Å². The number of aromatic nitrogens is 4. The van der Waals surface area contributed by atoms with Crippen molar-refractivity contribution in [3.63, 3.8) is 0 Å². The molecule has 0 spiro atoms. The van der Waals surface area contributed by atoms with Crippen LogP contribution in [-0.2, 0) is 13.0 Å². The van der Waals surface area contributed by atoms with Crippen molar-refractivity contribution in [1.29, 1.82) is 0 Å². The number of thioether (sulfide) groups is 1. The summed E-state index contributed by atoms with van der Waals surface area (Å²) in [7, 11) is 0. The fourth-order valence-corrected chi connectivity index (χ4v) is 3.73. The van der Waals surface area contributed by atoms with E-state index < -0.39 is 0 Å². The smallest absolute Gasteiger partial charge is 0.282 e. The monoisotopic (exact) mass is 363 g/mol. The lowest BCUT2D eigenvalue weighted by Crippen LogP contribution is -2.25.